The normalized spacial score (nSPS) is 19.1. The fourth-order valence-corrected chi connectivity index (χ4v) is 6.25. The molecule has 2 saturated carbocycles. The van der Waals surface area contributed by atoms with Crippen LogP contribution in [0.3, 0.4) is 0 Å². The Bertz CT molecular complexity index is 1360. The van der Waals surface area contributed by atoms with Crippen molar-refractivity contribution in [3.63, 3.8) is 0 Å². The lowest BCUT2D eigenvalue weighted by atomic mass is 9.75. The van der Waals surface area contributed by atoms with Crippen LogP contribution in [0.5, 0.6) is 11.5 Å². The summed E-state index contributed by atoms with van der Waals surface area (Å²) in [6.07, 6.45) is 5.22. The number of hydrogen-bond acceptors (Lipinski definition) is 3. The van der Waals surface area contributed by atoms with Gasteiger partial charge >= 0.3 is 5.97 Å². The molecule has 2 atom stereocenters. The number of carboxylic acid groups (broad SMARTS) is 1. The van der Waals surface area contributed by atoms with Crippen LogP contribution in [0.1, 0.15) is 80.9 Å². The SMILES string of the molecule is COc1ccc(F)c(-c2cc(F)c(COc3cccc(C(CC(=O)O)C4CC4)c3)cc2[C@H]2CCCC2(C)C)c1. The van der Waals surface area contributed by atoms with Crippen LogP contribution in [0.25, 0.3) is 11.1 Å². The standard InChI is InChI=1S/C33H36F2O4/c1-33(2)13-5-8-29(33)27-15-22(31(35)17-26(27)28-16-23(38-3)11-12-30(28)34)19-39-24-7-4-6-21(14-24)25(18-32(36)37)20-9-10-20/h4,6-7,11-12,14-17,20,25,29H,5,8-10,13,18-19H2,1-3H3,(H,36,37)/t25?,29-/m1/s1. The number of ether oxygens (including phenoxy) is 2. The summed E-state index contributed by atoms with van der Waals surface area (Å²) in [7, 11) is 1.53. The summed E-state index contributed by atoms with van der Waals surface area (Å²) in [6, 6.07) is 15.3. The molecule has 6 heteroatoms. The van der Waals surface area contributed by atoms with E-state index < -0.39 is 17.6 Å². The van der Waals surface area contributed by atoms with Crippen molar-refractivity contribution in [2.24, 2.45) is 11.3 Å². The molecule has 2 aliphatic rings. The van der Waals surface area contributed by atoms with E-state index in [1.165, 1.54) is 19.2 Å². The maximum absolute atomic E-state index is 15.6. The summed E-state index contributed by atoms with van der Waals surface area (Å²) < 4.78 is 42.0. The zero-order valence-electron chi connectivity index (χ0n) is 22.8. The van der Waals surface area contributed by atoms with Gasteiger partial charge in [-0.1, -0.05) is 32.4 Å². The van der Waals surface area contributed by atoms with E-state index >= 15 is 8.78 Å². The summed E-state index contributed by atoms with van der Waals surface area (Å²) in [5.74, 6) is -0.0981. The molecule has 0 spiro atoms. The van der Waals surface area contributed by atoms with Crippen LogP contribution in [-0.2, 0) is 11.4 Å². The van der Waals surface area contributed by atoms with Gasteiger partial charge in [0, 0.05) is 11.1 Å². The van der Waals surface area contributed by atoms with Crippen LogP contribution >= 0.6 is 0 Å². The van der Waals surface area contributed by atoms with Crippen molar-refractivity contribution in [1.29, 1.82) is 0 Å². The minimum atomic E-state index is -0.810. The summed E-state index contributed by atoms with van der Waals surface area (Å²) in [4.78, 5) is 11.4. The number of methoxy groups -OCH3 is 1. The molecule has 2 aliphatic carbocycles. The zero-order valence-corrected chi connectivity index (χ0v) is 22.8. The molecule has 4 nitrogen and oxygen atoms in total. The molecule has 0 bridgehead atoms. The molecular formula is C33H36F2O4. The van der Waals surface area contributed by atoms with Crippen LogP contribution in [0, 0.1) is 23.0 Å². The van der Waals surface area contributed by atoms with Crippen molar-refractivity contribution in [3.8, 4) is 22.6 Å². The highest BCUT2D eigenvalue weighted by atomic mass is 19.1. The fourth-order valence-electron chi connectivity index (χ4n) is 6.25. The van der Waals surface area contributed by atoms with Gasteiger partial charge in [-0.25, -0.2) is 8.78 Å². The van der Waals surface area contributed by atoms with Gasteiger partial charge in [-0.3, -0.25) is 4.79 Å². The van der Waals surface area contributed by atoms with Crippen molar-refractivity contribution >= 4 is 5.97 Å². The van der Waals surface area contributed by atoms with Crippen LogP contribution < -0.4 is 9.47 Å². The molecule has 0 saturated heterocycles. The lowest BCUT2D eigenvalue weighted by molar-refractivity contribution is -0.137. The Morgan fingerprint density at radius 3 is 2.46 bits per heavy atom. The van der Waals surface area contributed by atoms with Crippen LogP contribution in [-0.4, -0.2) is 18.2 Å². The first-order valence-corrected chi connectivity index (χ1v) is 13.8. The Labute approximate surface area is 229 Å². The van der Waals surface area contributed by atoms with E-state index in [0.717, 1.165) is 43.2 Å². The molecule has 0 radical (unpaired) electrons. The average Bonchev–Trinajstić information content (AvgIpc) is 3.69. The molecule has 0 amide bonds. The summed E-state index contributed by atoms with van der Waals surface area (Å²) in [5, 5.41) is 9.37. The molecule has 2 fully saturated rings. The van der Waals surface area contributed by atoms with Crippen molar-refractivity contribution < 1.29 is 28.2 Å². The van der Waals surface area contributed by atoms with Crippen LogP contribution in [0.2, 0.25) is 0 Å². The van der Waals surface area contributed by atoms with Gasteiger partial charge in [0.25, 0.3) is 0 Å². The number of halogens is 2. The fraction of sp³-hybridized carbons (Fsp3) is 0.424. The summed E-state index contributed by atoms with van der Waals surface area (Å²) in [5.41, 5.74) is 3.15. The Kier molecular flexibility index (Phi) is 7.66. The lowest BCUT2D eigenvalue weighted by Crippen LogP contribution is -2.17. The molecule has 39 heavy (non-hydrogen) atoms. The highest BCUT2D eigenvalue weighted by Gasteiger charge is 2.38. The minimum Gasteiger partial charge on any atom is -0.497 e. The van der Waals surface area contributed by atoms with Gasteiger partial charge in [0.2, 0.25) is 0 Å². The molecule has 3 aromatic rings. The average molecular weight is 535 g/mol. The second kappa shape index (κ2) is 11.0. The first-order chi connectivity index (χ1) is 18.7. The second-order valence-electron chi connectivity index (χ2n) is 11.7. The molecule has 1 unspecified atom stereocenters. The summed E-state index contributed by atoms with van der Waals surface area (Å²) >= 11 is 0. The molecule has 0 heterocycles. The van der Waals surface area contributed by atoms with E-state index in [4.69, 9.17) is 9.47 Å². The third-order valence-electron chi connectivity index (χ3n) is 8.58. The smallest absolute Gasteiger partial charge is 0.303 e. The van der Waals surface area contributed by atoms with E-state index in [2.05, 4.69) is 13.8 Å². The highest BCUT2D eigenvalue weighted by molar-refractivity contribution is 5.71. The number of rotatable bonds is 10. The van der Waals surface area contributed by atoms with Gasteiger partial charge in [0.15, 0.2) is 0 Å². The number of hydrogen-bond donors (Lipinski definition) is 1. The maximum Gasteiger partial charge on any atom is 0.303 e. The Morgan fingerprint density at radius 1 is 1.00 bits per heavy atom. The van der Waals surface area contributed by atoms with E-state index in [9.17, 15) is 9.90 Å². The molecule has 0 aromatic heterocycles. The quantitative estimate of drug-likeness (QED) is 0.283. The van der Waals surface area contributed by atoms with Gasteiger partial charge in [-0.05, 0) is 108 Å². The molecule has 3 aromatic carbocycles. The number of carbonyl (C=O) groups is 1. The molecule has 206 valence electrons. The molecule has 0 aliphatic heterocycles. The Morgan fingerprint density at radius 2 is 1.79 bits per heavy atom. The van der Waals surface area contributed by atoms with E-state index in [1.807, 2.05) is 30.3 Å². The minimum absolute atomic E-state index is 0.00363. The Hall–Kier alpha value is -3.41. The maximum atomic E-state index is 15.6. The lowest BCUT2D eigenvalue weighted by Gasteiger charge is -2.30. The molecule has 5 rings (SSSR count). The topological polar surface area (TPSA) is 55.8 Å². The Balaban J connectivity index is 1.47. The third-order valence-corrected chi connectivity index (χ3v) is 8.58. The van der Waals surface area contributed by atoms with Crippen LogP contribution in [0.15, 0.2) is 54.6 Å². The van der Waals surface area contributed by atoms with Crippen molar-refractivity contribution in [1.82, 2.24) is 0 Å². The first kappa shape index (κ1) is 27.2. The molecule has 1 N–H and O–H groups in total. The second-order valence-corrected chi connectivity index (χ2v) is 11.7. The molecular weight excluding hydrogens is 498 g/mol. The van der Waals surface area contributed by atoms with Gasteiger partial charge in [0.1, 0.15) is 29.7 Å². The van der Waals surface area contributed by atoms with Gasteiger partial charge in [-0.15, -0.1) is 0 Å². The first-order valence-electron chi connectivity index (χ1n) is 13.8. The van der Waals surface area contributed by atoms with Crippen molar-refractivity contribution in [2.75, 3.05) is 7.11 Å². The number of benzene rings is 3. The zero-order chi connectivity index (χ0) is 27.7. The monoisotopic (exact) mass is 534 g/mol. The predicted molar refractivity (Wildman–Crippen MR) is 147 cm³/mol. The van der Waals surface area contributed by atoms with E-state index in [1.54, 1.807) is 12.1 Å². The van der Waals surface area contributed by atoms with Gasteiger partial charge in [0.05, 0.1) is 13.5 Å². The van der Waals surface area contributed by atoms with E-state index in [0.29, 0.717) is 34.1 Å². The predicted octanol–water partition coefficient (Wildman–Crippen LogP) is 8.48. The van der Waals surface area contributed by atoms with Gasteiger partial charge < -0.3 is 14.6 Å². The summed E-state index contributed by atoms with van der Waals surface area (Å²) in [6.45, 7) is 4.45. The van der Waals surface area contributed by atoms with Crippen molar-refractivity contribution in [3.05, 3.63) is 82.9 Å². The van der Waals surface area contributed by atoms with Gasteiger partial charge in [-0.2, -0.15) is 0 Å². The number of carboxylic acids is 1. The highest BCUT2D eigenvalue weighted by Crippen LogP contribution is 2.52. The number of aliphatic carboxylic acids is 1. The van der Waals surface area contributed by atoms with Crippen LogP contribution in [0.4, 0.5) is 8.78 Å². The van der Waals surface area contributed by atoms with Crippen molar-refractivity contribution in [2.45, 2.75) is 70.8 Å². The third kappa shape index (κ3) is 5.95. The largest absolute Gasteiger partial charge is 0.497 e. The van der Waals surface area contributed by atoms with E-state index in [-0.39, 0.29) is 30.3 Å².